The highest BCUT2D eigenvalue weighted by molar-refractivity contribution is 6.94. The topological polar surface area (TPSA) is 53.4 Å². The minimum Gasteiger partial charge on any atom is -0.486 e. The van der Waals surface area contributed by atoms with E-state index in [9.17, 15) is 4.79 Å². The van der Waals surface area contributed by atoms with Gasteiger partial charge in [0.15, 0.2) is 11.5 Å². The highest BCUT2D eigenvalue weighted by Crippen LogP contribution is 2.42. The van der Waals surface area contributed by atoms with Gasteiger partial charge < -0.3 is 14.0 Å². The van der Waals surface area contributed by atoms with Gasteiger partial charge in [-0.2, -0.15) is 0 Å². The second-order valence-electron chi connectivity index (χ2n) is 9.54. The molecule has 0 spiro atoms. The minimum atomic E-state index is -1.96. The average molecular weight is 407 g/mol. The second kappa shape index (κ2) is 5.95. The van der Waals surface area contributed by atoms with Gasteiger partial charge in [0, 0.05) is 17.5 Å². The third-order valence-electron chi connectivity index (χ3n) is 6.86. The maximum Gasteiger partial charge on any atom is 0.251 e. The van der Waals surface area contributed by atoms with Crippen LogP contribution in [-0.2, 0) is 6.54 Å². The van der Waals surface area contributed by atoms with E-state index in [2.05, 4.69) is 39.9 Å². The van der Waals surface area contributed by atoms with Crippen molar-refractivity contribution in [2.45, 2.75) is 45.4 Å². The van der Waals surface area contributed by atoms with Crippen molar-refractivity contribution in [1.82, 2.24) is 9.55 Å². The summed E-state index contributed by atoms with van der Waals surface area (Å²) in [6.45, 7) is 13.5. The molecule has 29 heavy (non-hydrogen) atoms. The zero-order chi connectivity index (χ0) is 20.6. The lowest BCUT2D eigenvalue weighted by Gasteiger charge is -2.39. The molecule has 4 heterocycles. The van der Waals surface area contributed by atoms with Crippen LogP contribution in [0.15, 0.2) is 35.1 Å². The largest absolute Gasteiger partial charge is 0.486 e. The lowest BCUT2D eigenvalue weighted by atomic mass is 10.1. The van der Waals surface area contributed by atoms with Gasteiger partial charge in [-0.15, -0.1) is 0 Å². The van der Waals surface area contributed by atoms with Crippen LogP contribution in [-0.4, -0.2) is 30.8 Å². The van der Waals surface area contributed by atoms with Crippen LogP contribution in [0.2, 0.25) is 18.1 Å². The van der Waals surface area contributed by atoms with Crippen molar-refractivity contribution in [3.8, 4) is 22.9 Å². The van der Waals surface area contributed by atoms with Crippen LogP contribution >= 0.6 is 0 Å². The van der Waals surface area contributed by atoms with Gasteiger partial charge in [0.2, 0.25) is 0 Å². The average Bonchev–Trinajstić information content (AvgIpc) is 3.02. The molecule has 0 unspecified atom stereocenters. The van der Waals surface area contributed by atoms with Crippen LogP contribution in [0.3, 0.4) is 0 Å². The van der Waals surface area contributed by atoms with Crippen LogP contribution in [0, 0.1) is 0 Å². The number of hydrogen-bond donors (Lipinski definition) is 0. The number of aromatic nitrogens is 2. The van der Waals surface area contributed by atoms with Gasteiger partial charge in [-0.3, -0.25) is 4.79 Å². The van der Waals surface area contributed by atoms with E-state index in [1.165, 1.54) is 10.8 Å². The molecule has 3 aromatic rings. The number of ether oxygens (including phenoxy) is 2. The Labute approximate surface area is 171 Å². The Bertz CT molecular complexity index is 1220. The van der Waals surface area contributed by atoms with Crippen molar-refractivity contribution in [2.75, 3.05) is 13.2 Å². The van der Waals surface area contributed by atoms with Crippen LogP contribution in [0.4, 0.5) is 0 Å². The molecule has 1 aromatic carbocycles. The second-order valence-corrected chi connectivity index (χ2v) is 14.8. The Morgan fingerprint density at radius 2 is 1.76 bits per heavy atom. The molecule has 0 atom stereocenters. The van der Waals surface area contributed by atoms with E-state index >= 15 is 0 Å². The van der Waals surface area contributed by atoms with E-state index in [1.807, 2.05) is 22.8 Å². The predicted molar refractivity (Wildman–Crippen MR) is 118 cm³/mol. The van der Waals surface area contributed by atoms with Gasteiger partial charge >= 0.3 is 0 Å². The zero-order valence-corrected chi connectivity index (χ0v) is 18.6. The fourth-order valence-electron chi connectivity index (χ4n) is 4.34. The van der Waals surface area contributed by atoms with Gasteiger partial charge in [0.05, 0.1) is 31.5 Å². The first kappa shape index (κ1) is 18.4. The molecule has 6 heteroatoms. The number of pyridine rings is 2. The lowest BCUT2D eigenvalue weighted by Crippen LogP contribution is -2.51. The molecule has 0 N–H and O–H groups in total. The van der Waals surface area contributed by atoms with Crippen molar-refractivity contribution in [1.29, 1.82) is 0 Å². The van der Waals surface area contributed by atoms with Crippen molar-refractivity contribution in [2.24, 2.45) is 0 Å². The van der Waals surface area contributed by atoms with Crippen molar-refractivity contribution < 1.29 is 9.47 Å². The molecule has 150 valence electrons. The van der Waals surface area contributed by atoms with Crippen LogP contribution in [0.1, 0.15) is 26.3 Å². The molecule has 0 radical (unpaired) electrons. The SMILES string of the molecule is CC(C)(C)[Si](C)(C)c1c2c(nc3cc4c(cc13)OCCO4)-c1cccc(=O)n1C2. The van der Waals surface area contributed by atoms with Gasteiger partial charge in [0.25, 0.3) is 5.56 Å². The van der Waals surface area contributed by atoms with Gasteiger partial charge in [0.1, 0.15) is 13.2 Å². The molecule has 0 fully saturated rings. The molecule has 2 aliphatic rings. The van der Waals surface area contributed by atoms with Crippen LogP contribution in [0.5, 0.6) is 11.5 Å². The number of fused-ring (bicyclic) bond motifs is 5. The summed E-state index contributed by atoms with van der Waals surface area (Å²) in [5.74, 6) is 1.54. The smallest absolute Gasteiger partial charge is 0.251 e. The number of nitrogens with zero attached hydrogens (tertiary/aromatic N) is 2. The molecule has 0 saturated carbocycles. The van der Waals surface area contributed by atoms with E-state index in [1.54, 1.807) is 6.07 Å². The first-order valence-corrected chi connectivity index (χ1v) is 13.2. The predicted octanol–water partition coefficient (Wildman–Crippen LogP) is 3.91. The van der Waals surface area contributed by atoms with E-state index in [0.29, 0.717) is 19.8 Å². The molecule has 2 aromatic heterocycles. The quantitative estimate of drug-likeness (QED) is 0.450. The molecular formula is C23H26N2O3Si. The summed E-state index contributed by atoms with van der Waals surface area (Å²) >= 11 is 0. The summed E-state index contributed by atoms with van der Waals surface area (Å²) in [7, 11) is -1.96. The van der Waals surface area contributed by atoms with Crippen molar-refractivity contribution in [3.05, 3.63) is 46.2 Å². The minimum absolute atomic E-state index is 0.0247. The fraction of sp³-hybridized carbons (Fsp3) is 0.391. The number of hydrogen-bond acceptors (Lipinski definition) is 4. The lowest BCUT2D eigenvalue weighted by molar-refractivity contribution is 0.172. The maximum absolute atomic E-state index is 12.5. The summed E-state index contributed by atoms with van der Waals surface area (Å²) in [5.41, 5.74) is 3.98. The Hall–Kier alpha value is -2.60. The Kier molecular flexibility index (Phi) is 3.78. The van der Waals surface area contributed by atoms with E-state index in [-0.39, 0.29) is 10.6 Å². The van der Waals surface area contributed by atoms with E-state index in [4.69, 9.17) is 14.5 Å². The molecule has 2 aliphatic heterocycles. The van der Waals surface area contributed by atoms with Gasteiger partial charge in [-0.1, -0.05) is 39.9 Å². The highest BCUT2D eigenvalue weighted by atomic mass is 28.3. The number of benzene rings is 1. The third-order valence-corrected chi connectivity index (χ3v) is 12.4. The van der Waals surface area contributed by atoms with E-state index < -0.39 is 8.07 Å². The van der Waals surface area contributed by atoms with Crippen LogP contribution in [0.25, 0.3) is 22.3 Å². The Balaban J connectivity index is 1.91. The summed E-state index contributed by atoms with van der Waals surface area (Å²) in [6, 6.07) is 9.56. The summed E-state index contributed by atoms with van der Waals surface area (Å²) in [6.07, 6.45) is 0. The van der Waals surface area contributed by atoms with E-state index in [0.717, 1.165) is 33.8 Å². The van der Waals surface area contributed by atoms with Gasteiger partial charge in [-0.05, 0) is 27.9 Å². The summed E-state index contributed by atoms with van der Waals surface area (Å²) < 4.78 is 13.6. The Morgan fingerprint density at radius 3 is 2.45 bits per heavy atom. The number of rotatable bonds is 1. The van der Waals surface area contributed by atoms with Gasteiger partial charge in [-0.25, -0.2) is 4.98 Å². The zero-order valence-electron chi connectivity index (χ0n) is 17.6. The molecule has 0 aliphatic carbocycles. The molecule has 0 bridgehead atoms. The molecule has 0 saturated heterocycles. The Morgan fingerprint density at radius 1 is 1.07 bits per heavy atom. The molecule has 5 nitrogen and oxygen atoms in total. The first-order valence-electron chi connectivity index (χ1n) is 10.2. The van der Waals surface area contributed by atoms with Crippen LogP contribution < -0.4 is 20.2 Å². The highest BCUT2D eigenvalue weighted by Gasteiger charge is 2.42. The summed E-state index contributed by atoms with van der Waals surface area (Å²) in [5, 5.41) is 2.66. The summed E-state index contributed by atoms with van der Waals surface area (Å²) in [4.78, 5) is 17.6. The maximum atomic E-state index is 12.5. The molecular weight excluding hydrogens is 380 g/mol. The monoisotopic (exact) mass is 406 g/mol. The fourth-order valence-corrected chi connectivity index (χ4v) is 6.92. The molecule has 5 rings (SSSR count). The van der Waals surface area contributed by atoms with Crippen molar-refractivity contribution in [3.63, 3.8) is 0 Å². The third kappa shape index (κ3) is 2.58. The normalized spacial score (nSPS) is 15.3. The standard InChI is InChI=1S/C23H26N2O3Si/c1-23(2,3)29(4,5)22-14-11-18-19(28-10-9-27-18)12-16(14)24-21-15(22)13-25-17(21)7-6-8-20(25)26/h6-8,11-12H,9-10,13H2,1-5H3. The molecule has 0 amide bonds. The van der Waals surface area contributed by atoms with Crippen molar-refractivity contribution >= 4 is 24.2 Å². The first-order chi connectivity index (χ1) is 13.7.